The fraction of sp³-hybridized carbons (Fsp3) is 0.764. The van der Waals surface area contributed by atoms with Crippen LogP contribution in [0.1, 0.15) is 335 Å². The zero-order valence-electron chi connectivity index (χ0n) is 51.7. The highest BCUT2D eigenvalue weighted by Crippen LogP contribution is 2.16. The van der Waals surface area contributed by atoms with Crippen LogP contribution in [0.5, 0.6) is 0 Å². The topological polar surface area (TPSA) is 78.9 Å². The first-order valence-corrected chi connectivity index (χ1v) is 33.6. The van der Waals surface area contributed by atoms with E-state index in [4.69, 9.17) is 14.2 Å². The zero-order chi connectivity index (χ0) is 56.4. The van der Waals surface area contributed by atoms with Crippen LogP contribution in [-0.4, -0.2) is 37.2 Å². The standard InChI is InChI=1S/C72H126O6/c1-4-7-10-13-16-19-22-25-28-31-34-36-38-41-44-47-50-53-56-59-62-65-71(74)77-68-69(67-76-70(73)64-61-58-55-52-49-46-43-40-33-30-27-24-21-18-15-12-9-6-3)78-72(75)66-63-60-57-54-51-48-45-42-39-37-35-32-29-26-23-20-17-14-11-8-5-2/h7,10,16,19,25,28,30,32-36,41,44,69H,4-6,8-9,11-15,17-18,20-24,26-27,29,31,37-40,42-43,45-68H2,1-3H3/b10-7-,19-16-,28-25-,33-30-,35-32-,36-34-,44-41-. The molecule has 0 radical (unpaired) electrons. The van der Waals surface area contributed by atoms with Crippen LogP contribution in [0.2, 0.25) is 0 Å². The van der Waals surface area contributed by atoms with Crippen molar-refractivity contribution in [1.82, 2.24) is 0 Å². The first-order chi connectivity index (χ1) is 38.5. The van der Waals surface area contributed by atoms with E-state index in [2.05, 4.69) is 106 Å². The molecule has 78 heavy (non-hydrogen) atoms. The van der Waals surface area contributed by atoms with Gasteiger partial charge in [-0.15, -0.1) is 0 Å². The molecule has 450 valence electrons. The number of unbranched alkanes of at least 4 members (excludes halogenated alkanes) is 36. The maximum Gasteiger partial charge on any atom is 0.306 e. The smallest absolute Gasteiger partial charge is 0.306 e. The first kappa shape index (κ1) is 74.6. The van der Waals surface area contributed by atoms with Crippen LogP contribution >= 0.6 is 0 Å². The minimum atomic E-state index is -0.790. The van der Waals surface area contributed by atoms with E-state index < -0.39 is 6.10 Å². The summed E-state index contributed by atoms with van der Waals surface area (Å²) in [5.74, 6) is -0.895. The number of esters is 3. The van der Waals surface area contributed by atoms with Gasteiger partial charge in [0, 0.05) is 19.3 Å². The Bertz CT molecular complexity index is 1480. The SMILES string of the molecule is CC/C=C\C/C=C\C/C=C\C/C=C\C/C=C\CCCCCCCC(=O)OCC(COC(=O)CCCCCCCCC/C=C\CCCCCCCCC)OC(=O)CCCCCCCCCCC/C=C\CCCCCCCCCC. The Labute approximate surface area is 484 Å². The van der Waals surface area contributed by atoms with E-state index in [-0.39, 0.29) is 31.1 Å². The Morgan fingerprint density at radius 2 is 0.500 bits per heavy atom. The van der Waals surface area contributed by atoms with Gasteiger partial charge in [-0.25, -0.2) is 0 Å². The van der Waals surface area contributed by atoms with Crippen molar-refractivity contribution < 1.29 is 28.6 Å². The number of allylic oxidation sites excluding steroid dienone is 14. The van der Waals surface area contributed by atoms with E-state index in [1.807, 2.05) is 0 Å². The van der Waals surface area contributed by atoms with Crippen molar-refractivity contribution >= 4 is 17.9 Å². The summed E-state index contributed by atoms with van der Waals surface area (Å²) in [7, 11) is 0. The summed E-state index contributed by atoms with van der Waals surface area (Å²) in [5.41, 5.74) is 0. The van der Waals surface area contributed by atoms with E-state index in [0.29, 0.717) is 19.3 Å². The molecule has 0 aliphatic heterocycles. The molecule has 0 aromatic carbocycles. The van der Waals surface area contributed by atoms with E-state index in [1.54, 1.807) is 0 Å². The Kier molecular flexibility index (Phi) is 63.2. The Hall–Kier alpha value is -3.41. The number of rotatable bonds is 61. The summed E-state index contributed by atoms with van der Waals surface area (Å²) in [5, 5.41) is 0. The number of ether oxygens (including phenoxy) is 3. The van der Waals surface area contributed by atoms with Crippen molar-refractivity contribution in [3.8, 4) is 0 Å². The molecule has 0 bridgehead atoms. The van der Waals surface area contributed by atoms with E-state index >= 15 is 0 Å². The molecule has 6 nitrogen and oxygen atoms in total. The molecule has 0 aromatic rings. The van der Waals surface area contributed by atoms with Crippen LogP contribution in [-0.2, 0) is 28.6 Å². The van der Waals surface area contributed by atoms with Crippen LogP contribution in [0.4, 0.5) is 0 Å². The highest BCUT2D eigenvalue weighted by Gasteiger charge is 2.19. The van der Waals surface area contributed by atoms with Crippen LogP contribution in [0, 0.1) is 0 Å². The lowest BCUT2D eigenvalue weighted by molar-refractivity contribution is -0.167. The van der Waals surface area contributed by atoms with Gasteiger partial charge in [-0.1, -0.05) is 286 Å². The molecule has 0 N–H and O–H groups in total. The molecule has 0 saturated heterocycles. The van der Waals surface area contributed by atoms with Gasteiger partial charge in [0.25, 0.3) is 0 Å². The second-order valence-electron chi connectivity index (χ2n) is 22.3. The predicted molar refractivity (Wildman–Crippen MR) is 339 cm³/mol. The highest BCUT2D eigenvalue weighted by atomic mass is 16.6. The Morgan fingerprint density at radius 3 is 0.795 bits per heavy atom. The molecule has 0 spiro atoms. The quantitative estimate of drug-likeness (QED) is 0.0261. The summed E-state index contributed by atoms with van der Waals surface area (Å²) < 4.78 is 17.0. The molecular formula is C72H126O6. The lowest BCUT2D eigenvalue weighted by Gasteiger charge is -2.18. The van der Waals surface area contributed by atoms with E-state index in [1.165, 1.54) is 186 Å². The van der Waals surface area contributed by atoms with Crippen molar-refractivity contribution in [2.75, 3.05) is 13.2 Å². The van der Waals surface area contributed by atoms with E-state index in [0.717, 1.165) is 109 Å². The summed E-state index contributed by atoms with van der Waals surface area (Å²) in [6.07, 6.45) is 87.3. The van der Waals surface area contributed by atoms with Crippen molar-refractivity contribution in [3.05, 3.63) is 85.1 Å². The van der Waals surface area contributed by atoms with Gasteiger partial charge in [0.1, 0.15) is 13.2 Å². The lowest BCUT2D eigenvalue weighted by Crippen LogP contribution is -2.30. The second-order valence-corrected chi connectivity index (χ2v) is 22.3. The maximum absolute atomic E-state index is 12.9. The van der Waals surface area contributed by atoms with Gasteiger partial charge in [-0.05, 0) is 116 Å². The molecule has 0 aliphatic rings. The Morgan fingerprint density at radius 1 is 0.269 bits per heavy atom. The molecule has 0 aromatic heterocycles. The normalized spacial score (nSPS) is 12.6. The van der Waals surface area contributed by atoms with Gasteiger partial charge < -0.3 is 14.2 Å². The molecule has 0 rings (SSSR count). The van der Waals surface area contributed by atoms with Gasteiger partial charge >= 0.3 is 17.9 Å². The predicted octanol–water partition coefficient (Wildman–Crippen LogP) is 23.1. The molecule has 0 aliphatic carbocycles. The van der Waals surface area contributed by atoms with Crippen molar-refractivity contribution in [2.24, 2.45) is 0 Å². The molecule has 0 heterocycles. The zero-order valence-corrected chi connectivity index (χ0v) is 51.7. The third-order valence-electron chi connectivity index (χ3n) is 14.6. The minimum absolute atomic E-state index is 0.0845. The molecule has 6 heteroatoms. The fourth-order valence-electron chi connectivity index (χ4n) is 9.58. The number of carbonyl (C=O) groups is 3. The fourth-order valence-corrected chi connectivity index (χ4v) is 9.58. The second kappa shape index (κ2) is 66.1. The molecule has 1 atom stereocenters. The molecule has 0 fully saturated rings. The highest BCUT2D eigenvalue weighted by molar-refractivity contribution is 5.71. The lowest BCUT2D eigenvalue weighted by atomic mass is 10.1. The van der Waals surface area contributed by atoms with Crippen LogP contribution < -0.4 is 0 Å². The number of hydrogen-bond acceptors (Lipinski definition) is 6. The third kappa shape index (κ3) is 63.4. The first-order valence-electron chi connectivity index (χ1n) is 33.6. The summed E-state index contributed by atoms with van der Waals surface area (Å²) >= 11 is 0. The third-order valence-corrected chi connectivity index (χ3v) is 14.6. The van der Waals surface area contributed by atoms with Crippen molar-refractivity contribution in [2.45, 2.75) is 341 Å². The van der Waals surface area contributed by atoms with Crippen LogP contribution in [0.15, 0.2) is 85.1 Å². The van der Waals surface area contributed by atoms with Crippen LogP contribution in [0.3, 0.4) is 0 Å². The van der Waals surface area contributed by atoms with Gasteiger partial charge in [0.05, 0.1) is 0 Å². The summed E-state index contributed by atoms with van der Waals surface area (Å²) in [4.78, 5) is 38.4. The summed E-state index contributed by atoms with van der Waals surface area (Å²) in [6, 6.07) is 0. The van der Waals surface area contributed by atoms with Crippen LogP contribution in [0.25, 0.3) is 0 Å². The number of hydrogen-bond donors (Lipinski definition) is 0. The average Bonchev–Trinajstić information content (AvgIpc) is 3.44. The summed E-state index contributed by atoms with van der Waals surface area (Å²) in [6.45, 7) is 6.55. The molecule has 0 saturated carbocycles. The van der Waals surface area contributed by atoms with Crippen molar-refractivity contribution in [1.29, 1.82) is 0 Å². The van der Waals surface area contributed by atoms with E-state index in [9.17, 15) is 14.4 Å². The monoisotopic (exact) mass is 1090 g/mol. The maximum atomic E-state index is 12.9. The largest absolute Gasteiger partial charge is 0.462 e. The van der Waals surface area contributed by atoms with Gasteiger partial charge in [-0.2, -0.15) is 0 Å². The Balaban J connectivity index is 4.41. The molecule has 0 amide bonds. The average molecular weight is 1090 g/mol. The minimum Gasteiger partial charge on any atom is -0.462 e. The van der Waals surface area contributed by atoms with Gasteiger partial charge in [0.15, 0.2) is 6.10 Å². The van der Waals surface area contributed by atoms with Gasteiger partial charge in [-0.3, -0.25) is 14.4 Å². The van der Waals surface area contributed by atoms with Gasteiger partial charge in [0.2, 0.25) is 0 Å². The molecule has 1 unspecified atom stereocenters. The molecular weight excluding hydrogens is 961 g/mol. The van der Waals surface area contributed by atoms with Crippen molar-refractivity contribution in [3.63, 3.8) is 0 Å². The number of carbonyl (C=O) groups excluding carboxylic acids is 3.